The Morgan fingerprint density at radius 2 is 2.27 bits per heavy atom. The molecule has 0 bridgehead atoms. The summed E-state index contributed by atoms with van der Waals surface area (Å²) in [6, 6.07) is 4.69. The minimum Gasteiger partial charge on any atom is -0.496 e. The monoisotopic (exact) mass is 230 g/mol. The van der Waals surface area contributed by atoms with Crippen molar-refractivity contribution >= 4 is 17.6 Å². The summed E-state index contributed by atoms with van der Waals surface area (Å²) in [5, 5.41) is 18.6. The van der Waals surface area contributed by atoms with E-state index in [1.807, 2.05) is 0 Å². The Morgan fingerprint density at radius 1 is 1.60 bits per heavy atom. The van der Waals surface area contributed by atoms with Gasteiger partial charge in [-0.2, -0.15) is 0 Å². The van der Waals surface area contributed by atoms with Gasteiger partial charge < -0.3 is 14.9 Å². The number of carboxylic acids is 1. The molecule has 0 radical (unpaired) electrons. The molecule has 82 valence electrons. The third-order valence-corrected chi connectivity index (χ3v) is 2.15. The summed E-state index contributed by atoms with van der Waals surface area (Å²) in [6.07, 6.45) is -1.49. The molecule has 1 aromatic rings. The normalized spacial score (nSPS) is 12.2. The number of ether oxygens (including phenoxy) is 1. The fraction of sp³-hybridized carbons (Fsp3) is 0.300. The molecule has 0 aliphatic rings. The van der Waals surface area contributed by atoms with E-state index < -0.39 is 12.1 Å². The first-order valence-corrected chi connectivity index (χ1v) is 4.65. The van der Waals surface area contributed by atoms with Crippen molar-refractivity contribution in [2.24, 2.45) is 0 Å². The lowest BCUT2D eigenvalue weighted by molar-refractivity contribution is -0.139. The fourth-order valence-electron chi connectivity index (χ4n) is 1.24. The van der Waals surface area contributed by atoms with E-state index in [1.165, 1.54) is 13.2 Å². The molecule has 0 spiro atoms. The molecule has 0 aliphatic heterocycles. The van der Waals surface area contributed by atoms with Crippen molar-refractivity contribution in [3.05, 3.63) is 28.8 Å². The fourth-order valence-corrected chi connectivity index (χ4v) is 1.42. The number of rotatable bonds is 4. The molecule has 1 aromatic carbocycles. The van der Waals surface area contributed by atoms with Crippen LogP contribution in [0.15, 0.2) is 18.2 Å². The highest BCUT2D eigenvalue weighted by molar-refractivity contribution is 6.30. The van der Waals surface area contributed by atoms with E-state index in [1.54, 1.807) is 12.1 Å². The molecule has 0 fully saturated rings. The van der Waals surface area contributed by atoms with Gasteiger partial charge in [0.15, 0.2) is 0 Å². The molecule has 0 unspecified atom stereocenters. The van der Waals surface area contributed by atoms with E-state index in [0.29, 0.717) is 16.3 Å². The van der Waals surface area contributed by atoms with Crippen LogP contribution in [0.25, 0.3) is 0 Å². The van der Waals surface area contributed by atoms with Gasteiger partial charge in [-0.1, -0.05) is 11.6 Å². The van der Waals surface area contributed by atoms with Crippen molar-refractivity contribution in [2.75, 3.05) is 7.11 Å². The van der Waals surface area contributed by atoms with Crippen molar-refractivity contribution in [3.63, 3.8) is 0 Å². The number of halogens is 1. The zero-order chi connectivity index (χ0) is 11.4. The van der Waals surface area contributed by atoms with E-state index in [4.69, 9.17) is 21.4 Å². The molecule has 0 aromatic heterocycles. The van der Waals surface area contributed by atoms with Crippen LogP contribution in [0.5, 0.6) is 5.75 Å². The molecule has 1 atom stereocenters. The zero-order valence-electron chi connectivity index (χ0n) is 8.11. The number of benzene rings is 1. The lowest BCUT2D eigenvalue weighted by Gasteiger charge is -2.13. The smallest absolute Gasteiger partial charge is 0.306 e. The summed E-state index contributed by atoms with van der Waals surface area (Å²) in [6.45, 7) is 0. The molecular formula is C10H11ClO4. The summed E-state index contributed by atoms with van der Waals surface area (Å²) in [7, 11) is 1.44. The van der Waals surface area contributed by atoms with Crippen LogP contribution in [0.4, 0.5) is 0 Å². The largest absolute Gasteiger partial charge is 0.496 e. The summed E-state index contributed by atoms with van der Waals surface area (Å²) in [5.74, 6) is -0.655. The van der Waals surface area contributed by atoms with Gasteiger partial charge in [-0.25, -0.2) is 0 Å². The van der Waals surface area contributed by atoms with Gasteiger partial charge in [0, 0.05) is 10.6 Å². The topological polar surface area (TPSA) is 66.8 Å². The summed E-state index contributed by atoms with van der Waals surface area (Å²) in [4.78, 5) is 10.4. The van der Waals surface area contributed by atoms with Crippen LogP contribution in [-0.2, 0) is 4.79 Å². The maximum atomic E-state index is 10.4. The molecule has 0 aliphatic carbocycles. The van der Waals surface area contributed by atoms with Gasteiger partial charge >= 0.3 is 5.97 Å². The number of methoxy groups -OCH3 is 1. The van der Waals surface area contributed by atoms with Crippen molar-refractivity contribution in [1.82, 2.24) is 0 Å². The molecule has 1 rings (SSSR count). The second-order valence-corrected chi connectivity index (χ2v) is 3.44. The van der Waals surface area contributed by atoms with Crippen LogP contribution in [-0.4, -0.2) is 23.3 Å². The number of hydrogen-bond acceptors (Lipinski definition) is 3. The van der Waals surface area contributed by atoms with E-state index in [-0.39, 0.29) is 6.42 Å². The van der Waals surface area contributed by atoms with Crippen molar-refractivity contribution in [1.29, 1.82) is 0 Å². The Kier molecular flexibility index (Phi) is 3.94. The SMILES string of the molecule is COc1ccc(Cl)cc1[C@H](O)CC(=O)O. The van der Waals surface area contributed by atoms with Crippen LogP contribution >= 0.6 is 11.6 Å². The average molecular weight is 231 g/mol. The van der Waals surface area contributed by atoms with Gasteiger partial charge in [0.1, 0.15) is 5.75 Å². The van der Waals surface area contributed by atoms with Crippen LogP contribution in [0.3, 0.4) is 0 Å². The molecule has 0 amide bonds. The third-order valence-electron chi connectivity index (χ3n) is 1.92. The van der Waals surface area contributed by atoms with E-state index in [9.17, 15) is 9.90 Å². The van der Waals surface area contributed by atoms with Crippen LogP contribution in [0.2, 0.25) is 5.02 Å². The molecule has 5 heteroatoms. The molecule has 0 heterocycles. The molecule has 4 nitrogen and oxygen atoms in total. The quantitative estimate of drug-likeness (QED) is 0.829. The van der Waals surface area contributed by atoms with Gasteiger partial charge in [0.2, 0.25) is 0 Å². The van der Waals surface area contributed by atoms with Crippen LogP contribution < -0.4 is 4.74 Å². The van der Waals surface area contributed by atoms with E-state index in [2.05, 4.69) is 0 Å². The summed E-state index contributed by atoms with van der Waals surface area (Å²) in [5.41, 5.74) is 0.382. The Hall–Kier alpha value is -1.26. The minimum absolute atomic E-state index is 0.378. The zero-order valence-corrected chi connectivity index (χ0v) is 8.86. The first kappa shape index (κ1) is 11.8. The lowest BCUT2D eigenvalue weighted by Crippen LogP contribution is -2.06. The number of carboxylic acid groups (broad SMARTS) is 1. The maximum absolute atomic E-state index is 10.4. The third kappa shape index (κ3) is 3.11. The van der Waals surface area contributed by atoms with E-state index >= 15 is 0 Å². The van der Waals surface area contributed by atoms with Gasteiger partial charge in [-0.3, -0.25) is 4.79 Å². The highest BCUT2D eigenvalue weighted by atomic mass is 35.5. The minimum atomic E-state index is -1.11. The van der Waals surface area contributed by atoms with Crippen molar-refractivity contribution in [2.45, 2.75) is 12.5 Å². The maximum Gasteiger partial charge on any atom is 0.306 e. The average Bonchev–Trinajstić information content (AvgIpc) is 2.16. The Bertz CT molecular complexity index is 364. The molecule has 0 saturated heterocycles. The van der Waals surface area contributed by atoms with Gasteiger partial charge in [0.25, 0.3) is 0 Å². The number of aliphatic hydroxyl groups excluding tert-OH is 1. The molecular weight excluding hydrogens is 220 g/mol. The Labute approximate surface area is 92.1 Å². The van der Waals surface area contributed by atoms with Crippen LogP contribution in [0.1, 0.15) is 18.1 Å². The number of aliphatic carboxylic acids is 1. The number of carbonyl (C=O) groups is 1. The predicted molar refractivity (Wildman–Crippen MR) is 55.2 cm³/mol. The molecule has 15 heavy (non-hydrogen) atoms. The number of hydrogen-bond donors (Lipinski definition) is 2. The first-order chi connectivity index (χ1) is 7.04. The predicted octanol–water partition coefficient (Wildman–Crippen LogP) is 1.86. The van der Waals surface area contributed by atoms with E-state index in [0.717, 1.165) is 0 Å². The summed E-state index contributed by atoms with van der Waals surface area (Å²) >= 11 is 5.74. The highest BCUT2D eigenvalue weighted by Crippen LogP contribution is 2.29. The first-order valence-electron chi connectivity index (χ1n) is 4.28. The standard InChI is InChI=1S/C10H11ClO4/c1-15-9-3-2-6(11)4-7(9)8(12)5-10(13)14/h2-4,8,12H,5H2,1H3,(H,13,14)/t8-/m1/s1. The van der Waals surface area contributed by atoms with Gasteiger partial charge in [0.05, 0.1) is 19.6 Å². The molecule has 2 N–H and O–H groups in total. The van der Waals surface area contributed by atoms with Gasteiger partial charge in [-0.05, 0) is 18.2 Å². The van der Waals surface area contributed by atoms with Crippen LogP contribution in [0, 0.1) is 0 Å². The summed E-state index contributed by atoms with van der Waals surface area (Å²) < 4.78 is 4.99. The Balaban J connectivity index is 2.99. The molecule has 0 saturated carbocycles. The lowest BCUT2D eigenvalue weighted by atomic mass is 10.1. The van der Waals surface area contributed by atoms with Crippen molar-refractivity contribution in [3.8, 4) is 5.75 Å². The van der Waals surface area contributed by atoms with Gasteiger partial charge in [-0.15, -0.1) is 0 Å². The second-order valence-electron chi connectivity index (χ2n) is 3.00. The number of aliphatic hydroxyl groups is 1. The Morgan fingerprint density at radius 3 is 2.80 bits per heavy atom. The second kappa shape index (κ2) is 5.00. The highest BCUT2D eigenvalue weighted by Gasteiger charge is 2.16. The van der Waals surface area contributed by atoms with Crippen molar-refractivity contribution < 1.29 is 19.7 Å².